The van der Waals surface area contributed by atoms with E-state index in [9.17, 15) is 5.11 Å². The first-order valence-corrected chi connectivity index (χ1v) is 4.25. The van der Waals surface area contributed by atoms with Gasteiger partial charge in [-0.05, 0) is 37.5 Å². The van der Waals surface area contributed by atoms with Crippen LogP contribution in [0.1, 0.15) is 18.9 Å². The van der Waals surface area contributed by atoms with Gasteiger partial charge < -0.3 is 10.2 Å². The van der Waals surface area contributed by atoms with E-state index in [-0.39, 0.29) is 11.5 Å². The molecule has 1 aromatic carbocycles. The third-order valence-corrected chi connectivity index (χ3v) is 1.88. The van der Waals surface area contributed by atoms with Crippen molar-refractivity contribution in [1.29, 1.82) is 0 Å². The summed E-state index contributed by atoms with van der Waals surface area (Å²) in [6.07, 6.45) is 1.76. The quantitative estimate of drug-likeness (QED) is 0.551. The lowest BCUT2D eigenvalue weighted by Crippen LogP contribution is -1.85. The molecule has 70 valence electrons. The molecule has 0 radical (unpaired) electrons. The Morgan fingerprint density at radius 3 is 2.54 bits per heavy atom. The van der Waals surface area contributed by atoms with E-state index < -0.39 is 0 Å². The molecule has 0 aliphatic carbocycles. The molecule has 0 atom stereocenters. The van der Waals surface area contributed by atoms with Crippen molar-refractivity contribution in [2.45, 2.75) is 19.8 Å². The highest BCUT2D eigenvalue weighted by Crippen LogP contribution is 2.25. The van der Waals surface area contributed by atoms with Gasteiger partial charge in [-0.15, -0.1) is 6.58 Å². The van der Waals surface area contributed by atoms with Crippen LogP contribution in [-0.4, -0.2) is 10.2 Å². The molecule has 0 saturated heterocycles. The highest BCUT2D eigenvalue weighted by molar-refractivity contribution is 5.40. The van der Waals surface area contributed by atoms with Crippen molar-refractivity contribution >= 4 is 0 Å². The summed E-state index contributed by atoms with van der Waals surface area (Å²) in [7, 11) is 0. The molecule has 0 bridgehead atoms. The van der Waals surface area contributed by atoms with E-state index in [2.05, 4.69) is 6.58 Å². The number of phenolic OH excluding ortho intramolecular Hbond substituents is 2. The van der Waals surface area contributed by atoms with Crippen LogP contribution in [0.2, 0.25) is 0 Å². The van der Waals surface area contributed by atoms with E-state index in [4.69, 9.17) is 5.11 Å². The van der Waals surface area contributed by atoms with Crippen LogP contribution in [0, 0.1) is 0 Å². The summed E-state index contributed by atoms with van der Waals surface area (Å²) in [6, 6.07) is 4.89. The molecular weight excluding hydrogens is 164 g/mol. The molecule has 2 N–H and O–H groups in total. The molecular formula is C11H14O2. The molecule has 0 fully saturated rings. The number of allylic oxidation sites excluding steroid dienone is 1. The summed E-state index contributed by atoms with van der Waals surface area (Å²) in [5, 5.41) is 18.2. The predicted molar refractivity (Wildman–Crippen MR) is 52.9 cm³/mol. The molecule has 2 nitrogen and oxygen atoms in total. The molecule has 0 spiro atoms. The summed E-state index contributed by atoms with van der Waals surface area (Å²) in [4.78, 5) is 0. The lowest BCUT2D eigenvalue weighted by atomic mass is 10.1. The molecule has 1 aromatic rings. The Hall–Kier alpha value is -1.44. The molecule has 0 aliphatic heterocycles. The third-order valence-electron chi connectivity index (χ3n) is 1.88. The first-order chi connectivity index (χ1) is 6.09. The molecule has 0 unspecified atom stereocenters. The second-order valence-electron chi connectivity index (χ2n) is 3.28. The normalized spacial score (nSPS) is 9.92. The molecule has 0 aromatic heterocycles. The van der Waals surface area contributed by atoms with Crippen LogP contribution >= 0.6 is 0 Å². The van der Waals surface area contributed by atoms with Crippen molar-refractivity contribution in [2.24, 2.45) is 0 Å². The van der Waals surface area contributed by atoms with Crippen molar-refractivity contribution in [2.75, 3.05) is 0 Å². The monoisotopic (exact) mass is 178 g/mol. The SMILES string of the molecule is C=C(C)CCc1ccc(O)c(O)c1. The number of rotatable bonds is 3. The molecule has 0 aliphatic rings. The number of aryl methyl sites for hydroxylation is 1. The average molecular weight is 178 g/mol. The van der Waals surface area contributed by atoms with Crippen molar-refractivity contribution in [3.63, 3.8) is 0 Å². The lowest BCUT2D eigenvalue weighted by Gasteiger charge is -2.02. The summed E-state index contributed by atoms with van der Waals surface area (Å²) in [5.41, 5.74) is 2.13. The minimum Gasteiger partial charge on any atom is -0.504 e. The van der Waals surface area contributed by atoms with E-state index >= 15 is 0 Å². The second kappa shape index (κ2) is 3.99. The van der Waals surface area contributed by atoms with Crippen molar-refractivity contribution in [3.05, 3.63) is 35.9 Å². The van der Waals surface area contributed by atoms with Crippen LogP contribution in [0.3, 0.4) is 0 Å². The fourth-order valence-corrected chi connectivity index (χ4v) is 1.08. The zero-order chi connectivity index (χ0) is 9.84. The molecule has 1 rings (SSSR count). The Morgan fingerprint density at radius 2 is 2.00 bits per heavy atom. The highest BCUT2D eigenvalue weighted by atomic mass is 16.3. The van der Waals surface area contributed by atoms with Gasteiger partial charge >= 0.3 is 0 Å². The average Bonchev–Trinajstić information content (AvgIpc) is 2.07. The van der Waals surface area contributed by atoms with E-state index in [0.717, 1.165) is 24.0 Å². The Kier molecular flexibility index (Phi) is 2.96. The number of benzene rings is 1. The van der Waals surface area contributed by atoms with Gasteiger partial charge in [-0.2, -0.15) is 0 Å². The fraction of sp³-hybridized carbons (Fsp3) is 0.273. The lowest BCUT2D eigenvalue weighted by molar-refractivity contribution is 0.403. The molecule has 13 heavy (non-hydrogen) atoms. The van der Waals surface area contributed by atoms with Gasteiger partial charge in [0.2, 0.25) is 0 Å². The maximum atomic E-state index is 9.19. The largest absolute Gasteiger partial charge is 0.504 e. The van der Waals surface area contributed by atoms with Crippen LogP contribution < -0.4 is 0 Å². The third kappa shape index (κ3) is 2.82. The van der Waals surface area contributed by atoms with Gasteiger partial charge in [-0.3, -0.25) is 0 Å². The smallest absolute Gasteiger partial charge is 0.157 e. The maximum Gasteiger partial charge on any atom is 0.157 e. The van der Waals surface area contributed by atoms with Gasteiger partial charge in [0.1, 0.15) is 0 Å². The number of aromatic hydroxyl groups is 2. The van der Waals surface area contributed by atoms with E-state index in [0.29, 0.717) is 0 Å². The Balaban J connectivity index is 2.68. The maximum absolute atomic E-state index is 9.19. The zero-order valence-corrected chi connectivity index (χ0v) is 7.75. The molecule has 2 heteroatoms. The van der Waals surface area contributed by atoms with Gasteiger partial charge in [0.05, 0.1) is 0 Å². The molecule has 0 heterocycles. The van der Waals surface area contributed by atoms with Crippen molar-refractivity contribution < 1.29 is 10.2 Å². The first-order valence-electron chi connectivity index (χ1n) is 4.25. The predicted octanol–water partition coefficient (Wildman–Crippen LogP) is 2.61. The van der Waals surface area contributed by atoms with Crippen LogP contribution in [0.15, 0.2) is 30.4 Å². The van der Waals surface area contributed by atoms with Crippen molar-refractivity contribution in [3.8, 4) is 11.5 Å². The van der Waals surface area contributed by atoms with Crippen LogP contribution in [0.25, 0.3) is 0 Å². The van der Waals surface area contributed by atoms with Gasteiger partial charge in [-0.25, -0.2) is 0 Å². The topological polar surface area (TPSA) is 40.5 Å². The van der Waals surface area contributed by atoms with Gasteiger partial charge in [-0.1, -0.05) is 11.6 Å². The van der Waals surface area contributed by atoms with Gasteiger partial charge in [0, 0.05) is 0 Å². The summed E-state index contributed by atoms with van der Waals surface area (Å²) in [5.74, 6) is -0.127. The minimum absolute atomic E-state index is 0.0563. The second-order valence-corrected chi connectivity index (χ2v) is 3.28. The summed E-state index contributed by atoms with van der Waals surface area (Å²) >= 11 is 0. The van der Waals surface area contributed by atoms with E-state index in [1.807, 2.05) is 6.92 Å². The summed E-state index contributed by atoms with van der Waals surface area (Å²) < 4.78 is 0. The fourth-order valence-electron chi connectivity index (χ4n) is 1.08. The van der Waals surface area contributed by atoms with Gasteiger partial charge in [0.15, 0.2) is 11.5 Å². The van der Waals surface area contributed by atoms with Gasteiger partial charge in [0.25, 0.3) is 0 Å². The van der Waals surface area contributed by atoms with Crippen LogP contribution in [-0.2, 0) is 6.42 Å². The van der Waals surface area contributed by atoms with Crippen LogP contribution in [0.5, 0.6) is 11.5 Å². The Morgan fingerprint density at radius 1 is 1.31 bits per heavy atom. The minimum atomic E-state index is -0.0703. The standard InChI is InChI=1S/C11H14O2/c1-8(2)3-4-9-5-6-10(12)11(13)7-9/h5-7,12-13H,1,3-4H2,2H3. The number of hydrogen-bond donors (Lipinski definition) is 2. The first kappa shape index (κ1) is 9.65. The Bertz CT molecular complexity index is 316. The van der Waals surface area contributed by atoms with E-state index in [1.54, 1.807) is 12.1 Å². The number of phenols is 2. The zero-order valence-electron chi connectivity index (χ0n) is 7.75. The van der Waals surface area contributed by atoms with Crippen molar-refractivity contribution in [1.82, 2.24) is 0 Å². The van der Waals surface area contributed by atoms with Crippen LogP contribution in [0.4, 0.5) is 0 Å². The van der Waals surface area contributed by atoms with E-state index in [1.165, 1.54) is 6.07 Å². The summed E-state index contributed by atoms with van der Waals surface area (Å²) in [6.45, 7) is 5.77. The number of hydrogen-bond acceptors (Lipinski definition) is 2. The molecule has 0 saturated carbocycles. The Labute approximate surface area is 78.2 Å². The molecule has 0 amide bonds. The highest BCUT2D eigenvalue weighted by Gasteiger charge is 2.00.